The zero-order valence-electron chi connectivity index (χ0n) is 10.5. The molecule has 1 unspecified atom stereocenters. The van der Waals surface area contributed by atoms with Crippen molar-refractivity contribution in [3.63, 3.8) is 0 Å². The Morgan fingerprint density at radius 1 is 1.47 bits per heavy atom. The minimum Gasteiger partial charge on any atom is -0.395 e. The second-order valence-corrected chi connectivity index (χ2v) is 5.15. The molecule has 98 valence electrons. The quantitative estimate of drug-likeness (QED) is 0.742. The van der Waals surface area contributed by atoms with E-state index < -0.39 is 0 Å². The number of nitrogens with zero attached hydrogens (tertiary/aromatic N) is 2. The average Bonchev–Trinajstić information content (AvgIpc) is 2.79. The van der Waals surface area contributed by atoms with Crippen molar-refractivity contribution in [1.29, 1.82) is 0 Å². The second-order valence-electron chi connectivity index (χ2n) is 3.99. The number of aliphatic hydroxyl groups excluding tert-OH is 1. The highest BCUT2D eigenvalue weighted by Crippen LogP contribution is 2.27. The van der Waals surface area contributed by atoms with E-state index in [-0.39, 0.29) is 6.61 Å². The van der Waals surface area contributed by atoms with Gasteiger partial charge in [-0.05, 0) is 19.4 Å². The summed E-state index contributed by atoms with van der Waals surface area (Å²) in [5.74, 6) is 0.473. The molecule has 0 aromatic carbocycles. The molecule has 0 amide bonds. The van der Waals surface area contributed by atoms with Crippen molar-refractivity contribution in [3.05, 3.63) is 16.1 Å². The van der Waals surface area contributed by atoms with E-state index in [1.54, 1.807) is 11.3 Å². The SMILES string of the molecule is CCCN(CCO)C(CC)c1nc(CCl)cs1. The lowest BCUT2D eigenvalue weighted by atomic mass is 10.2. The highest BCUT2D eigenvalue weighted by atomic mass is 35.5. The summed E-state index contributed by atoms with van der Waals surface area (Å²) in [6.45, 7) is 6.22. The van der Waals surface area contributed by atoms with Crippen LogP contribution in [-0.4, -0.2) is 34.7 Å². The van der Waals surface area contributed by atoms with Gasteiger partial charge < -0.3 is 5.11 Å². The summed E-state index contributed by atoms with van der Waals surface area (Å²) in [6.07, 6.45) is 2.10. The Morgan fingerprint density at radius 3 is 2.71 bits per heavy atom. The van der Waals surface area contributed by atoms with Crippen molar-refractivity contribution in [1.82, 2.24) is 9.88 Å². The first-order valence-electron chi connectivity index (χ1n) is 6.11. The summed E-state index contributed by atoms with van der Waals surface area (Å²) in [6, 6.07) is 0.309. The number of aliphatic hydroxyl groups is 1. The molecule has 0 fully saturated rings. The van der Waals surface area contributed by atoms with Gasteiger partial charge in [0.1, 0.15) is 5.01 Å². The van der Waals surface area contributed by atoms with Crippen LogP contribution in [0.3, 0.4) is 0 Å². The lowest BCUT2D eigenvalue weighted by Gasteiger charge is -2.28. The third kappa shape index (κ3) is 4.21. The van der Waals surface area contributed by atoms with E-state index in [1.165, 1.54) is 0 Å². The minimum absolute atomic E-state index is 0.199. The van der Waals surface area contributed by atoms with Gasteiger partial charge in [-0.3, -0.25) is 4.90 Å². The van der Waals surface area contributed by atoms with Gasteiger partial charge in [-0.2, -0.15) is 0 Å². The lowest BCUT2D eigenvalue weighted by molar-refractivity contribution is 0.147. The highest BCUT2D eigenvalue weighted by Gasteiger charge is 2.20. The van der Waals surface area contributed by atoms with Crippen molar-refractivity contribution < 1.29 is 5.11 Å². The van der Waals surface area contributed by atoms with Gasteiger partial charge in [-0.15, -0.1) is 22.9 Å². The zero-order chi connectivity index (χ0) is 12.7. The van der Waals surface area contributed by atoms with E-state index in [1.807, 2.05) is 5.38 Å². The summed E-state index contributed by atoms with van der Waals surface area (Å²) in [5, 5.41) is 12.3. The van der Waals surface area contributed by atoms with Gasteiger partial charge >= 0.3 is 0 Å². The van der Waals surface area contributed by atoms with E-state index in [4.69, 9.17) is 16.7 Å². The normalized spacial score (nSPS) is 13.2. The molecule has 0 radical (unpaired) electrons. The Balaban J connectivity index is 2.79. The molecule has 0 aliphatic heterocycles. The Bertz CT molecular complexity index is 313. The molecular weight excluding hydrogens is 256 g/mol. The molecule has 1 rings (SSSR count). The maximum atomic E-state index is 9.13. The van der Waals surface area contributed by atoms with Crippen LogP contribution in [0.2, 0.25) is 0 Å². The predicted octanol–water partition coefficient (Wildman–Crippen LogP) is 3.04. The molecule has 0 bridgehead atoms. The van der Waals surface area contributed by atoms with Crippen LogP contribution in [0.5, 0.6) is 0 Å². The van der Waals surface area contributed by atoms with Crippen LogP contribution in [0.25, 0.3) is 0 Å². The third-order valence-corrected chi connectivity index (χ3v) is 3.99. The molecule has 1 aromatic heterocycles. The van der Waals surface area contributed by atoms with E-state index in [2.05, 4.69) is 23.7 Å². The maximum absolute atomic E-state index is 9.13. The molecule has 5 heteroatoms. The number of thiazole rings is 1. The largest absolute Gasteiger partial charge is 0.395 e. The fourth-order valence-electron chi connectivity index (χ4n) is 1.97. The summed E-state index contributed by atoms with van der Waals surface area (Å²) < 4.78 is 0. The molecule has 3 nitrogen and oxygen atoms in total. The van der Waals surface area contributed by atoms with Gasteiger partial charge in [0, 0.05) is 11.9 Å². The zero-order valence-corrected chi connectivity index (χ0v) is 12.1. The summed E-state index contributed by atoms with van der Waals surface area (Å²) in [7, 11) is 0. The van der Waals surface area contributed by atoms with Crippen molar-refractivity contribution in [2.45, 2.75) is 38.6 Å². The summed E-state index contributed by atoms with van der Waals surface area (Å²) >= 11 is 7.45. The minimum atomic E-state index is 0.199. The van der Waals surface area contributed by atoms with Crippen molar-refractivity contribution in [3.8, 4) is 0 Å². The number of rotatable bonds is 8. The highest BCUT2D eigenvalue weighted by molar-refractivity contribution is 7.09. The van der Waals surface area contributed by atoms with Gasteiger partial charge in [0.15, 0.2) is 0 Å². The monoisotopic (exact) mass is 276 g/mol. The van der Waals surface area contributed by atoms with E-state index >= 15 is 0 Å². The Labute approximate surface area is 112 Å². The van der Waals surface area contributed by atoms with Gasteiger partial charge in [0.05, 0.1) is 24.2 Å². The lowest BCUT2D eigenvalue weighted by Crippen LogP contribution is -2.32. The molecule has 17 heavy (non-hydrogen) atoms. The Kier molecular flexibility index (Phi) is 7.04. The molecule has 1 N–H and O–H groups in total. The fourth-order valence-corrected chi connectivity index (χ4v) is 3.23. The van der Waals surface area contributed by atoms with Crippen molar-refractivity contribution >= 4 is 22.9 Å². The number of halogens is 1. The smallest absolute Gasteiger partial charge is 0.110 e. The van der Waals surface area contributed by atoms with Crippen LogP contribution < -0.4 is 0 Å². The standard InChI is InChI=1S/C12H21ClN2OS/c1-3-5-15(6-7-16)11(4-2)12-14-10(8-13)9-17-12/h9,11,16H,3-8H2,1-2H3. The number of alkyl halides is 1. The van der Waals surface area contributed by atoms with Crippen LogP contribution in [0.4, 0.5) is 0 Å². The number of hydrogen-bond acceptors (Lipinski definition) is 4. The first kappa shape index (κ1) is 14.9. The first-order chi connectivity index (χ1) is 8.26. The summed E-state index contributed by atoms with van der Waals surface area (Å²) in [4.78, 5) is 6.85. The van der Waals surface area contributed by atoms with Crippen molar-refractivity contribution in [2.75, 3.05) is 19.7 Å². The number of aromatic nitrogens is 1. The molecule has 0 aliphatic rings. The van der Waals surface area contributed by atoms with Crippen LogP contribution >= 0.6 is 22.9 Å². The molecule has 1 heterocycles. The van der Waals surface area contributed by atoms with Gasteiger partial charge in [0.2, 0.25) is 0 Å². The fraction of sp³-hybridized carbons (Fsp3) is 0.750. The topological polar surface area (TPSA) is 36.4 Å². The predicted molar refractivity (Wildman–Crippen MR) is 73.7 cm³/mol. The van der Waals surface area contributed by atoms with E-state index in [9.17, 15) is 0 Å². The number of hydrogen-bond donors (Lipinski definition) is 1. The van der Waals surface area contributed by atoms with Gasteiger partial charge in [-0.1, -0.05) is 13.8 Å². The average molecular weight is 277 g/mol. The van der Waals surface area contributed by atoms with Gasteiger partial charge in [0.25, 0.3) is 0 Å². The van der Waals surface area contributed by atoms with Crippen molar-refractivity contribution in [2.24, 2.45) is 0 Å². The second kappa shape index (κ2) is 8.03. The molecule has 0 spiro atoms. The molecular formula is C12H21ClN2OS. The van der Waals surface area contributed by atoms with E-state index in [0.717, 1.165) is 30.1 Å². The Morgan fingerprint density at radius 2 is 2.24 bits per heavy atom. The van der Waals surface area contributed by atoms with Crippen LogP contribution in [-0.2, 0) is 5.88 Å². The molecule has 0 aliphatic carbocycles. The van der Waals surface area contributed by atoms with Crippen LogP contribution in [0.1, 0.15) is 43.4 Å². The first-order valence-corrected chi connectivity index (χ1v) is 7.53. The molecule has 0 saturated carbocycles. The van der Waals surface area contributed by atoms with Crippen LogP contribution in [0.15, 0.2) is 5.38 Å². The maximum Gasteiger partial charge on any atom is 0.110 e. The van der Waals surface area contributed by atoms with Crippen LogP contribution in [0, 0.1) is 0 Å². The third-order valence-electron chi connectivity index (χ3n) is 2.72. The Hall–Kier alpha value is -0.160. The summed E-state index contributed by atoms with van der Waals surface area (Å²) in [5.41, 5.74) is 0.950. The molecule has 0 saturated heterocycles. The molecule has 1 aromatic rings. The van der Waals surface area contributed by atoms with Gasteiger partial charge in [-0.25, -0.2) is 4.98 Å². The molecule has 1 atom stereocenters. The van der Waals surface area contributed by atoms with E-state index in [0.29, 0.717) is 18.5 Å².